The van der Waals surface area contributed by atoms with Crippen LogP contribution in [0.3, 0.4) is 0 Å². The Morgan fingerprint density at radius 1 is 0.750 bits per heavy atom. The molecule has 166 valence electrons. The van der Waals surface area contributed by atoms with Crippen molar-refractivity contribution in [3.8, 4) is 0 Å². The highest BCUT2D eigenvalue weighted by atomic mass is 32.2. The van der Waals surface area contributed by atoms with E-state index in [0.29, 0.717) is 32.2 Å². The quantitative estimate of drug-likeness (QED) is 0.631. The predicted octanol–water partition coefficient (Wildman–Crippen LogP) is 4.69. The summed E-state index contributed by atoms with van der Waals surface area (Å²) in [6, 6.07) is 8.52. The van der Waals surface area contributed by atoms with Gasteiger partial charge in [-0.15, -0.1) is 0 Å². The first-order chi connectivity index (χ1) is 15.6. The summed E-state index contributed by atoms with van der Waals surface area (Å²) in [5.41, 5.74) is 1.84. The van der Waals surface area contributed by atoms with Gasteiger partial charge in [0.05, 0.1) is 21.9 Å². The van der Waals surface area contributed by atoms with Gasteiger partial charge in [-0.1, -0.05) is 43.9 Å². The lowest BCUT2D eigenvalue weighted by atomic mass is 10.1. The Labute approximate surface area is 196 Å². The fourth-order valence-corrected chi connectivity index (χ4v) is 6.20. The van der Waals surface area contributed by atoms with Gasteiger partial charge in [-0.25, -0.2) is 0 Å². The van der Waals surface area contributed by atoms with Crippen molar-refractivity contribution < 1.29 is 9.59 Å². The van der Waals surface area contributed by atoms with E-state index in [1.165, 1.54) is 49.2 Å². The fourth-order valence-electron chi connectivity index (χ4n) is 4.42. The average molecular weight is 467 g/mol. The van der Waals surface area contributed by atoms with Crippen molar-refractivity contribution in [2.24, 2.45) is 9.98 Å². The summed E-state index contributed by atoms with van der Waals surface area (Å²) < 4.78 is 0. The maximum Gasteiger partial charge on any atom is 0.264 e. The van der Waals surface area contributed by atoms with E-state index in [1.54, 1.807) is 0 Å². The summed E-state index contributed by atoms with van der Waals surface area (Å²) >= 11 is 2.81. The highest BCUT2D eigenvalue weighted by Crippen LogP contribution is 2.31. The molecule has 2 amide bonds. The normalized spacial score (nSPS) is 27.4. The van der Waals surface area contributed by atoms with Gasteiger partial charge in [0.25, 0.3) is 11.8 Å². The van der Waals surface area contributed by atoms with Crippen molar-refractivity contribution in [3.63, 3.8) is 0 Å². The zero-order chi connectivity index (χ0) is 21.9. The van der Waals surface area contributed by atoms with Gasteiger partial charge in [0.2, 0.25) is 0 Å². The Hall–Kier alpha value is -2.32. The number of amides is 2. The number of carbonyl (C=O) groups is 2. The van der Waals surface area contributed by atoms with Crippen LogP contribution in [-0.4, -0.2) is 34.2 Å². The molecule has 2 aliphatic heterocycles. The molecule has 0 bridgehead atoms. The summed E-state index contributed by atoms with van der Waals surface area (Å²) in [7, 11) is 0. The third-order valence-corrected chi connectivity index (χ3v) is 7.90. The lowest BCUT2D eigenvalue weighted by Crippen LogP contribution is -2.21. The number of nitrogens with zero attached hydrogens (tertiary/aromatic N) is 2. The third kappa shape index (κ3) is 5.18. The molecule has 0 unspecified atom stereocenters. The zero-order valence-corrected chi connectivity index (χ0v) is 19.4. The first-order valence-electron chi connectivity index (χ1n) is 11.3. The maximum absolute atomic E-state index is 12.4. The molecule has 6 nitrogen and oxygen atoms in total. The minimum Gasteiger partial charge on any atom is -0.301 e. The van der Waals surface area contributed by atoms with E-state index in [0.717, 1.165) is 36.8 Å². The lowest BCUT2D eigenvalue weighted by Gasteiger charge is -2.02. The SMILES string of the molecule is O=C1NC(=NC2CCCC2)S/C1=C\c1cccc(/C=C2\SC(=NC3CCCC3)NC2=O)c1. The number of hydrogen-bond donors (Lipinski definition) is 2. The van der Waals surface area contributed by atoms with Crippen LogP contribution >= 0.6 is 23.5 Å². The number of carbonyl (C=O) groups excluding carboxylic acids is 2. The molecule has 0 aromatic heterocycles. The Morgan fingerprint density at radius 2 is 1.19 bits per heavy atom. The second-order valence-electron chi connectivity index (χ2n) is 8.54. The van der Waals surface area contributed by atoms with Gasteiger partial charge in [0.15, 0.2) is 10.3 Å². The molecule has 2 heterocycles. The molecular weight excluding hydrogens is 440 g/mol. The molecule has 8 heteroatoms. The fraction of sp³-hybridized carbons (Fsp3) is 0.417. The summed E-state index contributed by atoms with van der Waals surface area (Å²) in [5.74, 6) is -0.206. The van der Waals surface area contributed by atoms with Crippen molar-refractivity contribution in [2.45, 2.75) is 63.5 Å². The first kappa shape index (κ1) is 21.5. The minimum atomic E-state index is -0.103. The highest BCUT2D eigenvalue weighted by Gasteiger charge is 2.27. The maximum atomic E-state index is 12.4. The second kappa shape index (κ2) is 9.67. The first-order valence-corrected chi connectivity index (χ1v) is 12.9. The Kier molecular flexibility index (Phi) is 6.50. The van der Waals surface area contributed by atoms with Crippen LogP contribution < -0.4 is 10.6 Å². The van der Waals surface area contributed by atoms with E-state index < -0.39 is 0 Å². The summed E-state index contributed by atoms with van der Waals surface area (Å²) in [5, 5.41) is 7.19. The van der Waals surface area contributed by atoms with Gasteiger partial charge >= 0.3 is 0 Å². The molecule has 2 saturated carbocycles. The molecule has 5 rings (SSSR count). The monoisotopic (exact) mass is 466 g/mol. The molecule has 0 spiro atoms. The number of rotatable bonds is 4. The second-order valence-corrected chi connectivity index (χ2v) is 10.6. The van der Waals surface area contributed by atoms with E-state index in [4.69, 9.17) is 9.98 Å². The van der Waals surface area contributed by atoms with Crippen molar-refractivity contribution in [3.05, 3.63) is 45.2 Å². The van der Waals surface area contributed by atoms with Gasteiger partial charge < -0.3 is 10.6 Å². The van der Waals surface area contributed by atoms with Gasteiger partial charge in [-0.05, 0) is 78.6 Å². The van der Waals surface area contributed by atoms with Gasteiger partial charge in [-0.3, -0.25) is 19.6 Å². The molecular formula is C24H26N4O2S2. The van der Waals surface area contributed by atoms with Crippen LogP contribution in [-0.2, 0) is 9.59 Å². The van der Waals surface area contributed by atoms with Crippen LogP contribution in [0.2, 0.25) is 0 Å². The van der Waals surface area contributed by atoms with Crippen molar-refractivity contribution in [1.29, 1.82) is 0 Å². The molecule has 4 fully saturated rings. The summed E-state index contributed by atoms with van der Waals surface area (Å²) in [6.07, 6.45) is 13.1. The van der Waals surface area contributed by atoms with Crippen molar-refractivity contribution in [1.82, 2.24) is 10.6 Å². The van der Waals surface area contributed by atoms with E-state index >= 15 is 0 Å². The molecule has 0 atom stereocenters. The number of benzene rings is 1. The molecule has 0 radical (unpaired) electrons. The highest BCUT2D eigenvalue weighted by molar-refractivity contribution is 8.19. The minimum absolute atomic E-state index is 0.103. The van der Waals surface area contributed by atoms with Crippen LogP contribution in [0.4, 0.5) is 0 Å². The van der Waals surface area contributed by atoms with Crippen molar-refractivity contribution >= 4 is 57.8 Å². The Morgan fingerprint density at radius 3 is 1.62 bits per heavy atom. The average Bonchev–Trinajstić information content (AvgIpc) is 3.56. The van der Waals surface area contributed by atoms with Crippen LogP contribution in [0, 0.1) is 0 Å². The van der Waals surface area contributed by atoms with Gasteiger partial charge in [0, 0.05) is 0 Å². The van der Waals surface area contributed by atoms with Crippen LogP contribution in [0.15, 0.2) is 44.1 Å². The smallest absolute Gasteiger partial charge is 0.264 e. The Bertz CT molecular complexity index is 969. The summed E-state index contributed by atoms with van der Waals surface area (Å²) in [6.45, 7) is 0. The van der Waals surface area contributed by atoms with Crippen LogP contribution in [0.5, 0.6) is 0 Å². The van der Waals surface area contributed by atoms with E-state index in [-0.39, 0.29) is 11.8 Å². The van der Waals surface area contributed by atoms with Gasteiger partial charge in [-0.2, -0.15) is 0 Å². The molecule has 1 aromatic carbocycles. The number of amidine groups is 2. The molecule has 4 aliphatic rings. The number of aliphatic imine (C=N–C) groups is 2. The molecule has 2 saturated heterocycles. The number of thioether (sulfide) groups is 2. The Balaban J connectivity index is 1.29. The van der Waals surface area contributed by atoms with Crippen LogP contribution in [0.1, 0.15) is 62.5 Å². The standard InChI is InChI=1S/C24H26N4O2S2/c29-21-19(31-23(27-21)25-17-8-1-2-9-17)13-15-6-5-7-16(12-15)14-20-22(30)28-24(32-20)26-18-10-3-4-11-18/h5-7,12-14,17-18H,1-4,8-11H2,(H,25,27,29)(H,26,28,30)/b19-13-,20-14-. The predicted molar refractivity (Wildman–Crippen MR) is 133 cm³/mol. The molecule has 32 heavy (non-hydrogen) atoms. The third-order valence-electron chi connectivity index (χ3n) is 6.06. The van der Waals surface area contributed by atoms with Crippen molar-refractivity contribution in [2.75, 3.05) is 0 Å². The largest absolute Gasteiger partial charge is 0.301 e. The number of nitrogens with one attached hydrogen (secondary N) is 2. The van der Waals surface area contributed by atoms with Gasteiger partial charge in [0.1, 0.15) is 0 Å². The number of hydrogen-bond acceptors (Lipinski definition) is 6. The topological polar surface area (TPSA) is 82.9 Å². The summed E-state index contributed by atoms with van der Waals surface area (Å²) in [4.78, 5) is 35.4. The lowest BCUT2D eigenvalue weighted by molar-refractivity contribution is -0.116. The van der Waals surface area contributed by atoms with Crippen LogP contribution in [0.25, 0.3) is 12.2 Å². The van der Waals surface area contributed by atoms with E-state index in [9.17, 15) is 9.59 Å². The molecule has 2 aliphatic carbocycles. The molecule has 2 N–H and O–H groups in total. The van der Waals surface area contributed by atoms with E-state index in [1.807, 2.05) is 36.4 Å². The van der Waals surface area contributed by atoms with E-state index in [2.05, 4.69) is 10.6 Å². The zero-order valence-electron chi connectivity index (χ0n) is 17.8. The molecule has 1 aromatic rings.